The van der Waals surface area contributed by atoms with Gasteiger partial charge < -0.3 is 15.1 Å². The van der Waals surface area contributed by atoms with Crippen molar-refractivity contribution in [1.29, 1.82) is 0 Å². The van der Waals surface area contributed by atoms with Gasteiger partial charge >= 0.3 is 0 Å². The van der Waals surface area contributed by atoms with Gasteiger partial charge in [0.1, 0.15) is 10.1 Å². The zero-order valence-electron chi connectivity index (χ0n) is 22.0. The van der Waals surface area contributed by atoms with Gasteiger partial charge in [0.15, 0.2) is 11.5 Å². The topological polar surface area (TPSA) is 109 Å². The molecule has 0 bridgehead atoms. The fourth-order valence-electron chi connectivity index (χ4n) is 6.54. The predicted octanol–water partition coefficient (Wildman–Crippen LogP) is 4.07. The second-order valence-electron chi connectivity index (χ2n) is 11.3. The summed E-state index contributed by atoms with van der Waals surface area (Å²) in [5.41, 5.74) is 0.888. The van der Waals surface area contributed by atoms with Gasteiger partial charge in [-0.25, -0.2) is 14.1 Å². The number of nitrogens with one attached hydrogen (secondary N) is 1. The number of benzene rings is 1. The van der Waals surface area contributed by atoms with Gasteiger partial charge in [-0.3, -0.25) is 14.6 Å². The number of fused-ring (bicyclic) bond motifs is 3. The Hall–Kier alpha value is -3.67. The van der Waals surface area contributed by atoms with E-state index in [1.807, 2.05) is 28.9 Å². The summed E-state index contributed by atoms with van der Waals surface area (Å²) in [6, 6.07) is 6.99. The van der Waals surface area contributed by atoms with Gasteiger partial charge in [0.05, 0.1) is 11.1 Å². The number of hydrogen-bond donors (Lipinski definition) is 1. The molecule has 0 unspecified atom stereocenters. The monoisotopic (exact) mass is 606 g/mol. The van der Waals surface area contributed by atoms with E-state index < -0.39 is 11.2 Å². The highest BCUT2D eigenvalue weighted by atomic mass is 79.9. The number of piperazine rings is 1. The zero-order chi connectivity index (χ0) is 27.6. The van der Waals surface area contributed by atoms with Gasteiger partial charge in [-0.2, -0.15) is 10.1 Å². The Morgan fingerprint density at radius 1 is 1.23 bits per heavy atom. The van der Waals surface area contributed by atoms with E-state index in [-0.39, 0.29) is 23.9 Å². The van der Waals surface area contributed by atoms with Crippen molar-refractivity contribution in [2.45, 2.75) is 51.1 Å². The largest absolute Gasteiger partial charge is 0.351 e. The van der Waals surface area contributed by atoms with Gasteiger partial charge in [0.25, 0.3) is 0 Å². The first-order valence-corrected chi connectivity index (χ1v) is 14.4. The van der Waals surface area contributed by atoms with E-state index in [1.54, 1.807) is 23.1 Å². The van der Waals surface area contributed by atoms with E-state index in [4.69, 9.17) is 4.98 Å². The van der Waals surface area contributed by atoms with Crippen LogP contribution in [0.5, 0.6) is 0 Å². The van der Waals surface area contributed by atoms with Crippen molar-refractivity contribution in [2.24, 2.45) is 5.41 Å². The third kappa shape index (κ3) is 4.20. The van der Waals surface area contributed by atoms with Crippen LogP contribution in [0.4, 0.5) is 10.3 Å². The molecule has 5 heterocycles. The minimum atomic E-state index is -0.478. The summed E-state index contributed by atoms with van der Waals surface area (Å²) < 4.78 is 17.0. The lowest BCUT2D eigenvalue weighted by Gasteiger charge is -2.40. The van der Waals surface area contributed by atoms with Crippen LogP contribution in [0.3, 0.4) is 0 Å². The van der Waals surface area contributed by atoms with Crippen LogP contribution in [0.15, 0.2) is 41.3 Å². The maximum absolute atomic E-state index is 14.8. The van der Waals surface area contributed by atoms with Crippen molar-refractivity contribution in [2.75, 3.05) is 25.0 Å². The van der Waals surface area contributed by atoms with Crippen LogP contribution in [0.2, 0.25) is 0 Å². The number of carbonyl (C=O) groups is 2. The van der Waals surface area contributed by atoms with Gasteiger partial charge in [0.2, 0.25) is 17.8 Å². The molecule has 3 aliphatic rings. The predicted molar refractivity (Wildman–Crippen MR) is 150 cm³/mol. The molecular formula is C28H28BrFN8O2. The maximum atomic E-state index is 14.8. The Bertz CT molecular complexity index is 1680. The molecule has 2 saturated heterocycles. The fraction of sp³-hybridized carbons (Fsp3) is 0.429. The molecule has 12 heteroatoms. The summed E-state index contributed by atoms with van der Waals surface area (Å²) in [6.07, 6.45) is 6.93. The third-order valence-electron chi connectivity index (χ3n) is 8.64. The van der Waals surface area contributed by atoms with E-state index >= 15 is 0 Å². The Labute approximate surface area is 238 Å². The summed E-state index contributed by atoms with van der Waals surface area (Å²) in [5.74, 6) is 0.378. The second kappa shape index (κ2) is 9.46. The van der Waals surface area contributed by atoms with Crippen molar-refractivity contribution < 1.29 is 14.0 Å². The highest BCUT2D eigenvalue weighted by Crippen LogP contribution is 2.41. The van der Waals surface area contributed by atoms with Crippen molar-refractivity contribution in [1.82, 2.24) is 34.5 Å². The highest BCUT2D eigenvalue weighted by Gasteiger charge is 2.46. The van der Waals surface area contributed by atoms with Crippen LogP contribution in [-0.4, -0.2) is 78.1 Å². The number of halogens is 2. The normalized spacial score (nSPS) is 24.7. The zero-order valence-corrected chi connectivity index (χ0v) is 23.6. The van der Waals surface area contributed by atoms with Crippen LogP contribution >= 0.6 is 15.9 Å². The summed E-state index contributed by atoms with van der Waals surface area (Å²) in [4.78, 5) is 42.9. The molecule has 7 rings (SSSR count). The summed E-state index contributed by atoms with van der Waals surface area (Å²) in [7, 11) is 0. The van der Waals surface area contributed by atoms with Crippen LogP contribution in [0, 0.1) is 11.2 Å². The van der Waals surface area contributed by atoms with Gasteiger partial charge in [0, 0.05) is 67.4 Å². The first kappa shape index (κ1) is 25.3. The van der Waals surface area contributed by atoms with Crippen molar-refractivity contribution in [3.63, 3.8) is 0 Å². The molecule has 40 heavy (non-hydrogen) atoms. The lowest BCUT2D eigenvalue weighted by atomic mass is 9.86. The summed E-state index contributed by atoms with van der Waals surface area (Å²) >= 11 is 3.48. The number of nitrogens with zero attached hydrogens (tertiary/aromatic N) is 7. The fourth-order valence-corrected chi connectivity index (χ4v) is 6.98. The first-order valence-electron chi connectivity index (χ1n) is 13.6. The minimum Gasteiger partial charge on any atom is -0.351 e. The molecule has 3 fully saturated rings. The molecule has 1 aromatic carbocycles. The lowest BCUT2D eigenvalue weighted by molar-refractivity contribution is -0.146. The second-order valence-corrected chi connectivity index (χ2v) is 12.1. The average Bonchev–Trinajstić information content (AvgIpc) is 3.63. The van der Waals surface area contributed by atoms with E-state index in [0.29, 0.717) is 70.7 Å². The number of amides is 2. The molecule has 0 radical (unpaired) electrons. The van der Waals surface area contributed by atoms with Gasteiger partial charge in [-0.1, -0.05) is 13.0 Å². The Kier molecular flexibility index (Phi) is 5.99. The van der Waals surface area contributed by atoms with Gasteiger partial charge in [-0.05, 0) is 53.7 Å². The van der Waals surface area contributed by atoms with Crippen LogP contribution in [0.1, 0.15) is 39.0 Å². The van der Waals surface area contributed by atoms with Crippen molar-refractivity contribution in [3.8, 4) is 5.69 Å². The van der Waals surface area contributed by atoms with Crippen LogP contribution in [0.25, 0.3) is 27.6 Å². The molecule has 1 aliphatic carbocycles. The van der Waals surface area contributed by atoms with E-state index in [2.05, 4.69) is 36.3 Å². The van der Waals surface area contributed by atoms with Crippen LogP contribution < -0.4 is 5.32 Å². The van der Waals surface area contributed by atoms with E-state index in [1.165, 1.54) is 6.07 Å². The lowest BCUT2D eigenvalue weighted by Crippen LogP contribution is -2.55. The first-order chi connectivity index (χ1) is 19.3. The van der Waals surface area contributed by atoms with E-state index in [0.717, 1.165) is 19.3 Å². The molecule has 3 atom stereocenters. The third-order valence-corrected chi connectivity index (χ3v) is 9.23. The maximum Gasteiger partial charge on any atom is 0.228 e. The number of hydrogen-bond acceptors (Lipinski definition) is 7. The molecule has 2 aliphatic heterocycles. The molecule has 4 aromatic rings. The Balaban J connectivity index is 1.10. The van der Waals surface area contributed by atoms with Crippen LogP contribution in [-0.2, 0) is 9.59 Å². The van der Waals surface area contributed by atoms with Crippen molar-refractivity contribution >= 4 is 55.6 Å². The van der Waals surface area contributed by atoms with Crippen molar-refractivity contribution in [3.05, 3.63) is 47.1 Å². The molecule has 1 N–H and O–H groups in total. The molecule has 10 nitrogen and oxygen atoms in total. The number of pyridine rings is 1. The SMILES string of the molecule is C[C@@]1(C(=O)N2CCN3C(=O)CC[C@@H]3C2)CC[C@@H](Nc2ncc3c(Br)nn(-c4cc(F)c5ncccc5c4)c3n2)C1. The molecule has 0 spiro atoms. The standard InChI is InChI=1S/C28H28BrFN8O2/c1-28(26(40)36-9-10-37-18(15-36)4-5-22(37)39)7-6-17(13-28)33-27-32-14-20-24(29)35-38(25(20)34-27)19-11-16-3-2-8-31-23(16)21(30)12-19/h2-3,8,11-12,14,17-18H,4-7,9-10,13,15H2,1H3,(H,32,33,34)/t17-,18-,28-/m1/s1. The molecule has 206 valence electrons. The quantitative estimate of drug-likeness (QED) is 0.373. The number of aromatic nitrogens is 5. The highest BCUT2D eigenvalue weighted by molar-refractivity contribution is 9.10. The number of anilines is 1. The van der Waals surface area contributed by atoms with Gasteiger partial charge in [-0.15, -0.1) is 0 Å². The molecule has 1 saturated carbocycles. The molecular weight excluding hydrogens is 579 g/mol. The molecule has 3 aromatic heterocycles. The summed E-state index contributed by atoms with van der Waals surface area (Å²) in [6.45, 7) is 3.89. The Morgan fingerprint density at radius 2 is 2.10 bits per heavy atom. The number of rotatable bonds is 4. The Morgan fingerprint density at radius 3 is 2.98 bits per heavy atom. The smallest absolute Gasteiger partial charge is 0.228 e. The number of carbonyl (C=O) groups excluding carboxylic acids is 2. The van der Waals surface area contributed by atoms with E-state index in [9.17, 15) is 14.0 Å². The minimum absolute atomic E-state index is 0.0322. The average molecular weight is 607 g/mol. The molecule has 2 amide bonds. The summed E-state index contributed by atoms with van der Waals surface area (Å²) in [5, 5.41) is 9.35.